The third-order valence-electron chi connectivity index (χ3n) is 6.35. The Kier molecular flexibility index (Phi) is 7.19. The molecule has 2 fully saturated rings. The summed E-state index contributed by atoms with van der Waals surface area (Å²) in [6.45, 7) is 3.29. The Balaban J connectivity index is 1.42. The molecular formula is C25H33N9O. The predicted octanol–water partition coefficient (Wildman–Crippen LogP) is 1.96. The summed E-state index contributed by atoms with van der Waals surface area (Å²) in [7, 11) is 1.69. The second-order valence-electron chi connectivity index (χ2n) is 8.78. The van der Waals surface area contributed by atoms with Crippen LogP contribution in [-0.2, 0) is 4.74 Å². The van der Waals surface area contributed by atoms with Gasteiger partial charge in [-0.15, -0.1) is 0 Å². The van der Waals surface area contributed by atoms with Crippen LogP contribution < -0.4 is 16.8 Å². The maximum Gasteiger partial charge on any atom is 0.291 e. The van der Waals surface area contributed by atoms with Gasteiger partial charge >= 0.3 is 0 Å². The van der Waals surface area contributed by atoms with Crippen LogP contribution in [0.4, 0.5) is 5.69 Å². The molecule has 0 radical (unpaired) electrons. The lowest BCUT2D eigenvalue weighted by Gasteiger charge is -2.38. The van der Waals surface area contributed by atoms with Gasteiger partial charge < -0.3 is 31.3 Å². The fourth-order valence-corrected chi connectivity index (χ4v) is 4.11. The Hall–Kier alpha value is -4.08. The van der Waals surface area contributed by atoms with Gasteiger partial charge in [0.15, 0.2) is 5.90 Å². The minimum atomic E-state index is 0.0591. The second kappa shape index (κ2) is 10.5. The van der Waals surface area contributed by atoms with E-state index in [9.17, 15) is 0 Å². The Labute approximate surface area is 205 Å². The number of benzene rings is 1. The van der Waals surface area contributed by atoms with Gasteiger partial charge in [0.1, 0.15) is 5.82 Å². The summed E-state index contributed by atoms with van der Waals surface area (Å²) in [6, 6.07) is 5.59. The summed E-state index contributed by atoms with van der Waals surface area (Å²) in [6.07, 6.45) is 9.10. The third kappa shape index (κ3) is 5.53. The number of hydrogen-bond donors (Lipinski definition) is 6. The molecule has 184 valence electrons. The topological polar surface area (TPSA) is 164 Å². The standard InChI is InChI=1S/C25H33N9O/c1-31-15-19(14-26)17-4-5-21(27)20(12-17)23(28)18-6-7-32-22(13-18)33-8-10-34(11-9-33)25(30)35-24(29)16-2-3-16/h4-6,12-16,28-30,32H,2-3,7-11,26-27H2,1H3. The highest BCUT2D eigenvalue weighted by atomic mass is 16.5. The van der Waals surface area contributed by atoms with Crippen LogP contribution in [0.25, 0.3) is 5.57 Å². The van der Waals surface area contributed by atoms with Gasteiger partial charge in [-0.05, 0) is 36.6 Å². The van der Waals surface area contributed by atoms with E-state index in [1.807, 2.05) is 29.2 Å². The van der Waals surface area contributed by atoms with E-state index in [0.29, 0.717) is 49.7 Å². The van der Waals surface area contributed by atoms with Crippen molar-refractivity contribution in [1.82, 2.24) is 15.1 Å². The third-order valence-corrected chi connectivity index (χ3v) is 6.35. The molecule has 0 aromatic heterocycles. The van der Waals surface area contributed by atoms with Gasteiger partial charge in [0.25, 0.3) is 6.02 Å². The molecule has 10 heteroatoms. The first-order chi connectivity index (χ1) is 16.9. The number of piperazine rings is 1. The number of nitrogen functional groups attached to an aromatic ring is 1. The van der Waals surface area contributed by atoms with E-state index in [-0.39, 0.29) is 17.8 Å². The van der Waals surface area contributed by atoms with Crippen LogP contribution in [-0.4, -0.2) is 73.4 Å². The van der Waals surface area contributed by atoms with E-state index in [2.05, 4.69) is 15.2 Å². The molecule has 10 nitrogen and oxygen atoms in total. The molecule has 1 aromatic rings. The van der Waals surface area contributed by atoms with Crippen LogP contribution >= 0.6 is 0 Å². The second-order valence-corrected chi connectivity index (χ2v) is 8.78. The van der Waals surface area contributed by atoms with Crippen molar-refractivity contribution >= 4 is 35.1 Å². The van der Waals surface area contributed by atoms with Crippen molar-refractivity contribution in [2.45, 2.75) is 12.8 Å². The number of dihydropyridines is 1. The summed E-state index contributed by atoms with van der Waals surface area (Å²) in [5.74, 6) is 1.35. The van der Waals surface area contributed by atoms with Crippen molar-refractivity contribution in [1.29, 1.82) is 16.2 Å². The average molecular weight is 476 g/mol. The zero-order valence-electron chi connectivity index (χ0n) is 20.0. The Bertz CT molecular complexity index is 1140. The van der Waals surface area contributed by atoms with Crippen molar-refractivity contribution < 1.29 is 4.74 Å². The Morgan fingerprint density at radius 3 is 2.57 bits per heavy atom. The van der Waals surface area contributed by atoms with Crippen LogP contribution in [0.1, 0.15) is 24.0 Å². The van der Waals surface area contributed by atoms with Gasteiger partial charge in [-0.2, -0.15) is 0 Å². The SMILES string of the molecule is CN=CC(=CN)c1ccc(N)c(C(=N)C2=CCNC(N3CCN(C(=N)OC(=N)C4CC4)CC3)=C2)c1. The monoisotopic (exact) mass is 475 g/mol. The first-order valence-corrected chi connectivity index (χ1v) is 11.7. The smallest absolute Gasteiger partial charge is 0.291 e. The lowest BCUT2D eigenvalue weighted by Crippen LogP contribution is -2.51. The largest absolute Gasteiger partial charge is 0.411 e. The number of allylic oxidation sites excluding steroid dienone is 3. The molecule has 0 spiro atoms. The fraction of sp³-hybridized carbons (Fsp3) is 0.360. The van der Waals surface area contributed by atoms with Gasteiger partial charge in [0, 0.05) is 80.5 Å². The molecule has 0 atom stereocenters. The molecule has 2 aliphatic heterocycles. The van der Waals surface area contributed by atoms with E-state index in [0.717, 1.165) is 35.4 Å². The van der Waals surface area contributed by atoms with E-state index >= 15 is 0 Å². The normalized spacial score (nSPS) is 18.6. The summed E-state index contributed by atoms with van der Waals surface area (Å²) in [5.41, 5.74) is 15.9. The van der Waals surface area contributed by atoms with Crippen LogP contribution in [0, 0.1) is 22.1 Å². The lowest BCUT2D eigenvalue weighted by atomic mass is 9.95. The quantitative estimate of drug-likeness (QED) is 0.209. The molecule has 8 N–H and O–H groups in total. The summed E-state index contributed by atoms with van der Waals surface area (Å²) in [4.78, 5) is 8.12. The van der Waals surface area contributed by atoms with E-state index in [1.54, 1.807) is 19.3 Å². The molecule has 0 amide bonds. The average Bonchev–Trinajstić information content (AvgIpc) is 3.73. The van der Waals surface area contributed by atoms with Crippen LogP contribution in [0.5, 0.6) is 0 Å². The molecule has 2 heterocycles. The van der Waals surface area contributed by atoms with E-state index in [4.69, 9.17) is 32.4 Å². The lowest BCUT2D eigenvalue weighted by molar-refractivity contribution is 0.190. The summed E-state index contributed by atoms with van der Waals surface area (Å²) < 4.78 is 5.43. The zero-order valence-corrected chi connectivity index (χ0v) is 20.0. The number of nitrogens with one attached hydrogen (secondary N) is 4. The Morgan fingerprint density at radius 2 is 1.91 bits per heavy atom. The minimum Gasteiger partial charge on any atom is -0.411 e. The minimum absolute atomic E-state index is 0.0591. The first-order valence-electron chi connectivity index (χ1n) is 11.7. The number of rotatable bonds is 6. The highest BCUT2D eigenvalue weighted by Gasteiger charge is 2.31. The summed E-state index contributed by atoms with van der Waals surface area (Å²) >= 11 is 0. The van der Waals surface area contributed by atoms with Crippen molar-refractivity contribution in [3.8, 4) is 0 Å². The Morgan fingerprint density at radius 1 is 1.17 bits per heavy atom. The molecule has 1 aromatic carbocycles. The molecule has 35 heavy (non-hydrogen) atoms. The maximum atomic E-state index is 8.86. The van der Waals surface area contributed by atoms with Crippen molar-refractivity contribution in [2.24, 2.45) is 16.6 Å². The number of nitrogens with two attached hydrogens (primary N) is 2. The maximum absolute atomic E-state index is 8.86. The zero-order chi connectivity index (χ0) is 24.9. The van der Waals surface area contributed by atoms with Crippen LogP contribution in [0.3, 0.4) is 0 Å². The van der Waals surface area contributed by atoms with Crippen molar-refractivity contribution in [3.63, 3.8) is 0 Å². The van der Waals surface area contributed by atoms with E-state index in [1.165, 1.54) is 6.20 Å². The van der Waals surface area contributed by atoms with Crippen molar-refractivity contribution in [3.05, 3.63) is 59.1 Å². The number of anilines is 1. The fourth-order valence-electron chi connectivity index (χ4n) is 4.11. The van der Waals surface area contributed by atoms with Gasteiger partial charge in [0.05, 0.1) is 5.71 Å². The number of aliphatic imine (C=N–C) groups is 1. The van der Waals surface area contributed by atoms with Gasteiger partial charge in [-0.1, -0.05) is 12.1 Å². The summed E-state index contributed by atoms with van der Waals surface area (Å²) in [5, 5.41) is 28.3. The molecular weight excluding hydrogens is 442 g/mol. The number of ether oxygens (including phenoxy) is 1. The number of nitrogens with zero attached hydrogens (tertiary/aromatic N) is 3. The predicted molar refractivity (Wildman–Crippen MR) is 141 cm³/mol. The van der Waals surface area contributed by atoms with E-state index < -0.39 is 0 Å². The molecule has 4 rings (SSSR count). The highest BCUT2D eigenvalue weighted by molar-refractivity contribution is 6.17. The molecule has 0 bridgehead atoms. The molecule has 1 saturated heterocycles. The molecule has 1 aliphatic carbocycles. The molecule has 3 aliphatic rings. The van der Waals surface area contributed by atoms with Gasteiger partial charge in [-0.3, -0.25) is 21.2 Å². The van der Waals surface area contributed by atoms with Gasteiger partial charge in [0.2, 0.25) is 0 Å². The van der Waals surface area contributed by atoms with Crippen molar-refractivity contribution in [2.75, 3.05) is 45.5 Å². The highest BCUT2D eigenvalue weighted by Crippen LogP contribution is 2.30. The number of hydrogen-bond acceptors (Lipinski definition) is 9. The van der Waals surface area contributed by atoms with Crippen LogP contribution in [0.15, 0.2) is 52.9 Å². The molecule has 0 unspecified atom stereocenters. The molecule has 1 saturated carbocycles. The van der Waals surface area contributed by atoms with Crippen LogP contribution in [0.2, 0.25) is 0 Å². The van der Waals surface area contributed by atoms with Gasteiger partial charge in [-0.25, -0.2) is 0 Å². The first kappa shape index (κ1) is 24.1. The number of amidine groups is 1.